The lowest BCUT2D eigenvalue weighted by atomic mass is 10.1. The van der Waals surface area contributed by atoms with Crippen LogP contribution in [0.25, 0.3) is 22.2 Å². The van der Waals surface area contributed by atoms with Crippen LogP contribution < -0.4 is 15.5 Å². The minimum absolute atomic E-state index is 0.157. The Morgan fingerprint density at radius 2 is 1.94 bits per heavy atom. The number of ether oxygens (including phenoxy) is 1. The molecule has 4 aromatic rings. The Bertz CT molecular complexity index is 1270. The van der Waals surface area contributed by atoms with Crippen molar-refractivity contribution in [3.63, 3.8) is 0 Å². The van der Waals surface area contributed by atoms with E-state index >= 15 is 0 Å². The van der Waals surface area contributed by atoms with Crippen molar-refractivity contribution in [2.75, 3.05) is 24.4 Å². The molecule has 0 amide bonds. The predicted octanol–water partition coefficient (Wildman–Crippen LogP) is 4.08. The van der Waals surface area contributed by atoms with Crippen molar-refractivity contribution >= 4 is 22.5 Å². The monoisotopic (exact) mass is 417 g/mol. The first kappa shape index (κ1) is 19.0. The maximum absolute atomic E-state index is 14.1. The van der Waals surface area contributed by atoms with Crippen molar-refractivity contribution in [2.45, 2.75) is 12.6 Å². The van der Waals surface area contributed by atoms with Crippen LogP contribution in [-0.2, 0) is 6.54 Å². The standard InChI is InChI=1S/C22H20FN7O/c1-31-16-8-6-14(7-9-16)17-12-29(22-20(17)21(24)25-13-26-22)10-15-11-30(28-27-15)19-5-3-2-4-18(19)23/h2-9,12-13,15H,10-11H2,1H3,(H2,24,25,26). The van der Waals surface area contributed by atoms with Crippen LogP contribution in [0.4, 0.5) is 15.9 Å². The molecule has 1 unspecified atom stereocenters. The van der Waals surface area contributed by atoms with Crippen LogP contribution in [-0.4, -0.2) is 34.2 Å². The number of hydrogen-bond donors (Lipinski definition) is 1. The number of aromatic nitrogens is 3. The first-order valence-corrected chi connectivity index (χ1v) is 9.80. The van der Waals surface area contributed by atoms with Crippen LogP contribution in [0.5, 0.6) is 5.75 Å². The summed E-state index contributed by atoms with van der Waals surface area (Å²) in [6, 6.07) is 14.1. The Morgan fingerprint density at radius 1 is 1.13 bits per heavy atom. The zero-order valence-electron chi connectivity index (χ0n) is 16.8. The number of anilines is 2. The molecule has 31 heavy (non-hydrogen) atoms. The summed E-state index contributed by atoms with van der Waals surface area (Å²) in [4.78, 5) is 8.63. The van der Waals surface area contributed by atoms with Crippen LogP contribution in [0, 0.1) is 5.82 Å². The Balaban J connectivity index is 1.46. The van der Waals surface area contributed by atoms with E-state index in [-0.39, 0.29) is 11.9 Å². The largest absolute Gasteiger partial charge is 0.497 e. The van der Waals surface area contributed by atoms with Crippen LogP contribution in [0.15, 0.2) is 71.4 Å². The molecule has 0 bridgehead atoms. The molecule has 1 aliphatic rings. The Kier molecular flexibility index (Phi) is 4.70. The minimum atomic E-state index is -0.323. The molecule has 0 saturated carbocycles. The van der Waals surface area contributed by atoms with Gasteiger partial charge < -0.3 is 15.0 Å². The van der Waals surface area contributed by atoms with Gasteiger partial charge in [-0.2, -0.15) is 5.11 Å². The molecule has 2 aromatic carbocycles. The van der Waals surface area contributed by atoms with Gasteiger partial charge in [-0.15, -0.1) is 0 Å². The maximum atomic E-state index is 14.1. The second-order valence-electron chi connectivity index (χ2n) is 7.27. The second kappa shape index (κ2) is 7.67. The molecule has 5 rings (SSSR count). The summed E-state index contributed by atoms with van der Waals surface area (Å²) in [6.07, 6.45) is 3.45. The highest BCUT2D eigenvalue weighted by Crippen LogP contribution is 2.34. The number of para-hydroxylation sites is 1. The van der Waals surface area contributed by atoms with E-state index < -0.39 is 0 Å². The number of nitrogens with zero attached hydrogens (tertiary/aromatic N) is 6. The molecule has 3 heterocycles. The van der Waals surface area contributed by atoms with Crippen molar-refractivity contribution in [2.24, 2.45) is 10.3 Å². The van der Waals surface area contributed by atoms with Gasteiger partial charge in [-0.05, 0) is 29.8 Å². The van der Waals surface area contributed by atoms with Gasteiger partial charge in [0.1, 0.15) is 35.4 Å². The summed E-state index contributed by atoms with van der Waals surface area (Å²) in [7, 11) is 1.63. The molecule has 156 valence electrons. The quantitative estimate of drug-likeness (QED) is 0.528. The zero-order chi connectivity index (χ0) is 21.4. The van der Waals surface area contributed by atoms with E-state index in [9.17, 15) is 4.39 Å². The molecule has 2 aromatic heterocycles. The molecular weight excluding hydrogens is 397 g/mol. The smallest absolute Gasteiger partial charge is 0.148 e. The van der Waals surface area contributed by atoms with Crippen LogP contribution in [0.3, 0.4) is 0 Å². The fourth-order valence-electron chi connectivity index (χ4n) is 3.81. The highest BCUT2D eigenvalue weighted by molar-refractivity contribution is 6.00. The molecular formula is C22H20FN7O. The van der Waals surface area contributed by atoms with Gasteiger partial charge in [0.2, 0.25) is 0 Å². The molecule has 0 spiro atoms. The summed E-state index contributed by atoms with van der Waals surface area (Å²) in [6.45, 7) is 0.997. The molecule has 9 heteroatoms. The lowest BCUT2D eigenvalue weighted by molar-refractivity contribution is 0.415. The lowest BCUT2D eigenvalue weighted by Crippen LogP contribution is -2.24. The molecule has 0 radical (unpaired) electrons. The molecule has 0 fully saturated rings. The van der Waals surface area contributed by atoms with Crippen molar-refractivity contribution in [3.8, 4) is 16.9 Å². The van der Waals surface area contributed by atoms with Gasteiger partial charge in [0.05, 0.1) is 31.3 Å². The fraction of sp³-hybridized carbons (Fsp3) is 0.182. The predicted molar refractivity (Wildman–Crippen MR) is 116 cm³/mol. The number of nitrogen functional groups attached to an aromatic ring is 1. The van der Waals surface area contributed by atoms with Gasteiger partial charge in [-0.1, -0.05) is 29.5 Å². The molecule has 2 N–H and O–H groups in total. The number of benzene rings is 2. The Hall–Kier alpha value is -4.01. The van der Waals surface area contributed by atoms with Gasteiger partial charge in [0.15, 0.2) is 0 Å². The Morgan fingerprint density at radius 3 is 2.71 bits per heavy atom. The number of hydrogen-bond acceptors (Lipinski definition) is 7. The Labute approximate surface area is 177 Å². The van der Waals surface area contributed by atoms with Crippen molar-refractivity contribution in [1.82, 2.24) is 14.5 Å². The average molecular weight is 417 g/mol. The van der Waals surface area contributed by atoms with Crippen molar-refractivity contribution in [1.29, 1.82) is 0 Å². The van der Waals surface area contributed by atoms with Crippen LogP contribution in [0.1, 0.15) is 0 Å². The second-order valence-corrected chi connectivity index (χ2v) is 7.27. The topological polar surface area (TPSA) is 93.9 Å². The van der Waals surface area contributed by atoms with Crippen LogP contribution >= 0.6 is 0 Å². The van der Waals surface area contributed by atoms with Gasteiger partial charge >= 0.3 is 0 Å². The average Bonchev–Trinajstić information content (AvgIpc) is 3.40. The van der Waals surface area contributed by atoms with E-state index in [1.54, 1.807) is 30.3 Å². The maximum Gasteiger partial charge on any atom is 0.148 e. The van der Waals surface area contributed by atoms with E-state index in [4.69, 9.17) is 10.5 Å². The number of fused-ring (bicyclic) bond motifs is 1. The highest BCUT2D eigenvalue weighted by Gasteiger charge is 2.25. The minimum Gasteiger partial charge on any atom is -0.497 e. The molecule has 0 aliphatic carbocycles. The first-order valence-electron chi connectivity index (χ1n) is 9.80. The first-order chi connectivity index (χ1) is 15.1. The number of methoxy groups -OCH3 is 1. The zero-order valence-corrected chi connectivity index (χ0v) is 16.8. The van der Waals surface area contributed by atoms with E-state index in [2.05, 4.69) is 20.3 Å². The number of rotatable bonds is 5. The third-order valence-corrected chi connectivity index (χ3v) is 5.33. The summed E-state index contributed by atoms with van der Waals surface area (Å²) in [5, 5.41) is 10.9. The lowest BCUT2D eigenvalue weighted by Gasteiger charge is -2.14. The molecule has 1 aliphatic heterocycles. The molecule has 0 saturated heterocycles. The van der Waals surface area contributed by atoms with Crippen LogP contribution in [0.2, 0.25) is 0 Å². The normalized spacial score (nSPS) is 15.7. The van der Waals surface area contributed by atoms with Crippen molar-refractivity contribution < 1.29 is 9.13 Å². The van der Waals surface area contributed by atoms with Gasteiger partial charge in [0.25, 0.3) is 0 Å². The summed E-state index contributed by atoms with van der Waals surface area (Å²) in [5.74, 6) is 0.864. The number of nitrogens with two attached hydrogens (primary N) is 1. The van der Waals surface area contributed by atoms with E-state index in [1.165, 1.54) is 12.4 Å². The summed E-state index contributed by atoms with van der Waals surface area (Å²) in [5.41, 5.74) is 9.25. The van der Waals surface area contributed by atoms with E-state index in [1.807, 2.05) is 35.0 Å². The SMILES string of the molecule is COc1ccc(-c2cn(CC3CN(c4ccccc4F)N=N3)c3ncnc(N)c23)cc1. The number of halogens is 1. The van der Waals surface area contributed by atoms with E-state index in [0.717, 1.165) is 27.9 Å². The van der Waals surface area contributed by atoms with Gasteiger partial charge in [0, 0.05) is 11.8 Å². The third kappa shape index (κ3) is 3.43. The summed E-state index contributed by atoms with van der Waals surface area (Å²) >= 11 is 0. The highest BCUT2D eigenvalue weighted by atomic mass is 19.1. The fourth-order valence-corrected chi connectivity index (χ4v) is 3.81. The van der Waals surface area contributed by atoms with Crippen molar-refractivity contribution in [3.05, 3.63) is 66.9 Å². The van der Waals surface area contributed by atoms with E-state index in [0.29, 0.717) is 24.6 Å². The van der Waals surface area contributed by atoms with Gasteiger partial charge in [-0.25, -0.2) is 19.4 Å². The third-order valence-electron chi connectivity index (χ3n) is 5.33. The van der Waals surface area contributed by atoms with Gasteiger partial charge in [-0.3, -0.25) is 0 Å². The summed E-state index contributed by atoms with van der Waals surface area (Å²) < 4.78 is 21.4. The molecule has 1 atom stereocenters. The molecule has 8 nitrogen and oxygen atoms in total.